The zero-order valence-electron chi connectivity index (χ0n) is 18.9. The Labute approximate surface area is 203 Å². The van der Waals surface area contributed by atoms with Crippen molar-refractivity contribution < 1.29 is 27.5 Å². The van der Waals surface area contributed by atoms with E-state index >= 15 is 0 Å². The van der Waals surface area contributed by atoms with E-state index < -0.39 is 30.6 Å². The fourth-order valence-electron chi connectivity index (χ4n) is 4.12. The van der Waals surface area contributed by atoms with Crippen molar-refractivity contribution in [1.82, 2.24) is 24.8 Å². The molecule has 0 spiro atoms. The molecule has 13 heteroatoms. The van der Waals surface area contributed by atoms with Crippen LogP contribution in [0.5, 0.6) is 0 Å². The number of fused-ring (bicyclic) bond motifs is 1. The van der Waals surface area contributed by atoms with Gasteiger partial charge in [0.15, 0.2) is 5.82 Å². The molecule has 4 rings (SSSR count). The molecule has 3 aromatic heterocycles. The van der Waals surface area contributed by atoms with Gasteiger partial charge in [0.2, 0.25) is 5.91 Å². The van der Waals surface area contributed by atoms with Gasteiger partial charge in [0.25, 0.3) is 0 Å². The summed E-state index contributed by atoms with van der Waals surface area (Å²) in [4.78, 5) is 43.9. The van der Waals surface area contributed by atoms with Crippen molar-refractivity contribution in [3.8, 4) is 11.4 Å². The summed E-state index contributed by atoms with van der Waals surface area (Å²) >= 11 is 6.09. The summed E-state index contributed by atoms with van der Waals surface area (Å²) in [5.74, 6) is -1.06. The molecule has 0 saturated carbocycles. The summed E-state index contributed by atoms with van der Waals surface area (Å²) in [6.07, 6.45) is 0.737. The molecular weight excluding hydrogens is 489 g/mol. The SMILES string of the molecule is CCOC(=O)c1cnc(-c2c[nH]c3ncc(Cl)cc23)nc1N1CCCC1C(=O)N(C)CC(F)(F)F. The van der Waals surface area contributed by atoms with Crippen LogP contribution in [0.3, 0.4) is 0 Å². The number of amides is 1. The smallest absolute Gasteiger partial charge is 0.406 e. The summed E-state index contributed by atoms with van der Waals surface area (Å²) in [7, 11) is 1.10. The Morgan fingerprint density at radius 3 is 2.80 bits per heavy atom. The zero-order chi connectivity index (χ0) is 25.3. The Kier molecular flexibility index (Phi) is 6.84. The van der Waals surface area contributed by atoms with E-state index in [2.05, 4.69) is 19.9 Å². The van der Waals surface area contributed by atoms with Gasteiger partial charge in [0.05, 0.1) is 11.6 Å². The first-order valence-electron chi connectivity index (χ1n) is 10.8. The van der Waals surface area contributed by atoms with Gasteiger partial charge < -0.3 is 19.5 Å². The summed E-state index contributed by atoms with van der Waals surface area (Å²) < 4.78 is 43.8. The Morgan fingerprint density at radius 2 is 2.09 bits per heavy atom. The van der Waals surface area contributed by atoms with Crippen molar-refractivity contribution in [1.29, 1.82) is 0 Å². The van der Waals surface area contributed by atoms with Crippen molar-refractivity contribution in [2.45, 2.75) is 32.0 Å². The highest BCUT2D eigenvalue weighted by Gasteiger charge is 2.39. The second kappa shape index (κ2) is 9.68. The quantitative estimate of drug-likeness (QED) is 0.502. The van der Waals surface area contributed by atoms with Crippen molar-refractivity contribution in [3.05, 3.63) is 35.2 Å². The van der Waals surface area contributed by atoms with Crippen molar-refractivity contribution in [2.75, 3.05) is 31.6 Å². The normalized spacial score (nSPS) is 16.1. The molecule has 0 radical (unpaired) electrons. The molecule has 9 nitrogen and oxygen atoms in total. The van der Waals surface area contributed by atoms with Crippen LogP contribution in [-0.2, 0) is 9.53 Å². The molecule has 1 fully saturated rings. The molecule has 0 aromatic carbocycles. The minimum absolute atomic E-state index is 0.0183. The number of carbonyl (C=O) groups is 2. The van der Waals surface area contributed by atoms with E-state index in [0.29, 0.717) is 45.9 Å². The fraction of sp³-hybridized carbons (Fsp3) is 0.409. The first-order chi connectivity index (χ1) is 16.6. The Morgan fingerprint density at radius 1 is 1.31 bits per heavy atom. The number of hydrogen-bond acceptors (Lipinski definition) is 7. The molecule has 186 valence electrons. The molecule has 1 N–H and O–H groups in total. The highest BCUT2D eigenvalue weighted by atomic mass is 35.5. The lowest BCUT2D eigenvalue weighted by Crippen LogP contribution is -2.47. The van der Waals surface area contributed by atoms with Crippen molar-refractivity contribution in [2.24, 2.45) is 0 Å². The number of nitrogens with zero attached hydrogens (tertiary/aromatic N) is 5. The molecule has 1 aliphatic rings. The van der Waals surface area contributed by atoms with Gasteiger partial charge in [-0.2, -0.15) is 13.2 Å². The summed E-state index contributed by atoms with van der Waals surface area (Å²) in [6, 6.07) is 0.768. The van der Waals surface area contributed by atoms with Gasteiger partial charge >= 0.3 is 12.1 Å². The predicted molar refractivity (Wildman–Crippen MR) is 122 cm³/mol. The third-order valence-corrected chi connectivity index (χ3v) is 5.81. The van der Waals surface area contributed by atoms with E-state index in [1.165, 1.54) is 12.4 Å². The van der Waals surface area contributed by atoms with E-state index in [1.54, 1.807) is 24.1 Å². The maximum Gasteiger partial charge on any atom is 0.406 e. The second-order valence-corrected chi connectivity index (χ2v) is 8.50. The lowest BCUT2D eigenvalue weighted by Gasteiger charge is -2.30. The van der Waals surface area contributed by atoms with Gasteiger partial charge in [0.1, 0.15) is 29.6 Å². The number of carbonyl (C=O) groups excluding carboxylic acids is 2. The third-order valence-electron chi connectivity index (χ3n) is 5.61. The van der Waals surface area contributed by atoms with Gasteiger partial charge in [-0.1, -0.05) is 11.6 Å². The molecule has 3 aromatic rings. The lowest BCUT2D eigenvalue weighted by atomic mass is 10.1. The summed E-state index contributed by atoms with van der Waals surface area (Å²) in [5, 5.41) is 1.05. The highest BCUT2D eigenvalue weighted by Crippen LogP contribution is 2.33. The van der Waals surface area contributed by atoms with E-state index in [1.807, 2.05) is 0 Å². The number of alkyl halides is 3. The maximum atomic E-state index is 12.9. The molecule has 1 amide bonds. The van der Waals surface area contributed by atoms with E-state index in [-0.39, 0.29) is 23.8 Å². The topological polar surface area (TPSA) is 104 Å². The maximum absolute atomic E-state index is 12.9. The number of H-pyrrole nitrogens is 1. The number of likely N-dealkylation sites (N-methyl/N-ethyl adjacent to an activating group) is 1. The van der Waals surface area contributed by atoms with Crippen LogP contribution in [0.1, 0.15) is 30.1 Å². The average molecular weight is 511 g/mol. The molecule has 0 aliphatic carbocycles. The van der Waals surface area contributed by atoms with Crippen LogP contribution in [0.25, 0.3) is 22.4 Å². The van der Waals surface area contributed by atoms with Gasteiger partial charge in [-0.15, -0.1) is 0 Å². The number of esters is 1. The van der Waals surface area contributed by atoms with Crippen molar-refractivity contribution in [3.63, 3.8) is 0 Å². The van der Waals surface area contributed by atoms with Gasteiger partial charge in [-0.3, -0.25) is 4.79 Å². The summed E-state index contributed by atoms with van der Waals surface area (Å²) in [5.41, 5.74) is 1.12. The third kappa shape index (κ3) is 5.16. The number of anilines is 1. The Hall–Kier alpha value is -3.41. The molecule has 1 atom stereocenters. The largest absolute Gasteiger partial charge is 0.462 e. The molecular formula is C22H22ClF3N6O3. The number of ether oxygens (including phenoxy) is 1. The number of rotatable bonds is 6. The number of aromatic amines is 1. The van der Waals surface area contributed by atoms with E-state index in [9.17, 15) is 22.8 Å². The molecule has 0 bridgehead atoms. The van der Waals surface area contributed by atoms with Crippen molar-refractivity contribution >= 4 is 40.3 Å². The summed E-state index contributed by atoms with van der Waals surface area (Å²) in [6.45, 7) is 0.687. The monoisotopic (exact) mass is 510 g/mol. The first-order valence-corrected chi connectivity index (χ1v) is 11.2. The van der Waals surface area contributed by atoms with Crippen LogP contribution in [-0.4, -0.2) is 75.7 Å². The van der Waals surface area contributed by atoms with Crippen LogP contribution >= 0.6 is 11.6 Å². The van der Waals surface area contributed by atoms with Crippen LogP contribution in [0.15, 0.2) is 24.7 Å². The Bertz CT molecular complexity index is 1260. The van der Waals surface area contributed by atoms with Crippen LogP contribution < -0.4 is 4.90 Å². The van der Waals surface area contributed by atoms with Crippen LogP contribution in [0.2, 0.25) is 5.02 Å². The fourth-order valence-corrected chi connectivity index (χ4v) is 4.27. The minimum atomic E-state index is -4.53. The van der Waals surface area contributed by atoms with Gasteiger partial charge in [-0.05, 0) is 25.8 Å². The first kappa shape index (κ1) is 24.7. The number of aromatic nitrogens is 4. The lowest BCUT2D eigenvalue weighted by molar-refractivity contribution is -0.159. The second-order valence-electron chi connectivity index (χ2n) is 8.06. The Balaban J connectivity index is 1.77. The van der Waals surface area contributed by atoms with Gasteiger partial charge in [0, 0.05) is 43.1 Å². The minimum Gasteiger partial charge on any atom is -0.462 e. The van der Waals surface area contributed by atoms with Crippen LogP contribution in [0, 0.1) is 0 Å². The molecule has 35 heavy (non-hydrogen) atoms. The zero-order valence-corrected chi connectivity index (χ0v) is 19.7. The molecule has 1 saturated heterocycles. The number of pyridine rings is 1. The number of hydrogen-bond donors (Lipinski definition) is 1. The number of halogens is 4. The molecule has 1 unspecified atom stereocenters. The average Bonchev–Trinajstić information content (AvgIpc) is 3.44. The highest BCUT2D eigenvalue weighted by molar-refractivity contribution is 6.31. The van der Waals surface area contributed by atoms with Gasteiger partial charge in [-0.25, -0.2) is 19.7 Å². The molecule has 1 aliphatic heterocycles. The van der Waals surface area contributed by atoms with E-state index in [4.69, 9.17) is 16.3 Å². The predicted octanol–water partition coefficient (Wildman–Crippen LogP) is 3.84. The molecule has 4 heterocycles. The standard InChI is InChI=1S/C22H22ClF3N6O3/c1-3-35-21(34)15-10-29-18(14-9-28-17-13(14)7-12(23)8-27-17)30-19(15)32-6-4-5-16(32)20(33)31(2)11-22(24,25)26/h7-10,16H,3-6,11H2,1-2H3,(H,27,28). The number of nitrogens with one attached hydrogen (secondary N) is 1. The van der Waals surface area contributed by atoms with E-state index in [0.717, 1.165) is 7.05 Å². The van der Waals surface area contributed by atoms with Crippen LogP contribution in [0.4, 0.5) is 19.0 Å².